The number of anilines is 2. The van der Waals surface area contributed by atoms with Gasteiger partial charge < -0.3 is 14.5 Å². The zero-order chi connectivity index (χ0) is 17.8. The molecule has 2 fully saturated rings. The molecule has 0 aromatic carbocycles. The van der Waals surface area contributed by atoms with E-state index in [1.165, 1.54) is 6.20 Å². The highest BCUT2D eigenvalue weighted by Gasteiger charge is 2.21. The van der Waals surface area contributed by atoms with E-state index in [9.17, 15) is 4.39 Å². The van der Waals surface area contributed by atoms with E-state index in [0.29, 0.717) is 12.1 Å². The first-order chi connectivity index (χ1) is 12.8. The first-order valence-electron chi connectivity index (χ1n) is 9.01. The van der Waals surface area contributed by atoms with Crippen LogP contribution in [0.4, 0.5) is 16.2 Å². The summed E-state index contributed by atoms with van der Waals surface area (Å²) in [5.74, 6) is 1.49. The molecule has 2 aliphatic rings. The van der Waals surface area contributed by atoms with Crippen molar-refractivity contribution >= 4 is 11.8 Å². The normalized spacial score (nSPS) is 19.0. The molecule has 0 radical (unpaired) electrons. The summed E-state index contributed by atoms with van der Waals surface area (Å²) < 4.78 is 19.2. The minimum absolute atomic E-state index is 0.235. The Morgan fingerprint density at radius 1 is 0.962 bits per heavy atom. The summed E-state index contributed by atoms with van der Waals surface area (Å²) in [6.07, 6.45) is 4.74. The maximum Gasteiger partial charge on any atom is 0.227 e. The van der Waals surface area contributed by atoms with Crippen molar-refractivity contribution in [2.24, 2.45) is 0 Å². The van der Waals surface area contributed by atoms with Crippen molar-refractivity contribution in [3.05, 3.63) is 42.1 Å². The van der Waals surface area contributed by atoms with Crippen LogP contribution in [0.2, 0.25) is 0 Å². The summed E-state index contributed by atoms with van der Waals surface area (Å²) in [4.78, 5) is 19.7. The van der Waals surface area contributed by atoms with Gasteiger partial charge in [-0.1, -0.05) is 0 Å². The van der Waals surface area contributed by atoms with E-state index >= 15 is 0 Å². The molecule has 0 spiro atoms. The lowest BCUT2D eigenvalue weighted by Crippen LogP contribution is -2.46. The second kappa shape index (κ2) is 7.92. The maximum absolute atomic E-state index is 13.8. The smallest absolute Gasteiger partial charge is 0.227 e. The lowest BCUT2D eigenvalue weighted by molar-refractivity contribution is 0.122. The van der Waals surface area contributed by atoms with E-state index in [4.69, 9.17) is 9.72 Å². The summed E-state index contributed by atoms with van der Waals surface area (Å²) >= 11 is 0. The number of hydrogen-bond donors (Lipinski definition) is 0. The van der Waals surface area contributed by atoms with Crippen LogP contribution in [0.15, 0.2) is 30.7 Å². The number of morpholine rings is 1. The van der Waals surface area contributed by atoms with E-state index in [2.05, 4.69) is 24.7 Å². The predicted molar refractivity (Wildman–Crippen MR) is 96.7 cm³/mol. The van der Waals surface area contributed by atoms with Crippen LogP contribution in [0, 0.1) is 5.82 Å². The molecule has 0 amide bonds. The van der Waals surface area contributed by atoms with E-state index < -0.39 is 0 Å². The molecule has 2 aromatic rings. The summed E-state index contributed by atoms with van der Waals surface area (Å²) in [6, 6.07) is 3.71. The van der Waals surface area contributed by atoms with Gasteiger partial charge in [0.25, 0.3) is 0 Å². The Morgan fingerprint density at radius 2 is 1.77 bits per heavy atom. The fraction of sp³-hybridized carbons (Fsp3) is 0.500. The van der Waals surface area contributed by atoms with Gasteiger partial charge in [-0.05, 0) is 12.1 Å². The fourth-order valence-corrected chi connectivity index (χ4v) is 3.34. The number of aromatic nitrogens is 3. The summed E-state index contributed by atoms with van der Waals surface area (Å²) in [5.41, 5.74) is 0.699. The number of hydrogen-bond acceptors (Lipinski definition) is 7. The van der Waals surface area contributed by atoms with Gasteiger partial charge in [0.1, 0.15) is 11.6 Å². The molecule has 8 heteroatoms. The highest BCUT2D eigenvalue weighted by Crippen LogP contribution is 2.18. The Balaban J connectivity index is 1.36. The Kier molecular flexibility index (Phi) is 5.21. The second-order valence-corrected chi connectivity index (χ2v) is 6.54. The third kappa shape index (κ3) is 3.91. The maximum atomic E-state index is 13.8. The molecule has 0 unspecified atom stereocenters. The van der Waals surface area contributed by atoms with E-state index in [1.54, 1.807) is 12.3 Å². The molecule has 2 aliphatic heterocycles. The van der Waals surface area contributed by atoms with Gasteiger partial charge in [0, 0.05) is 63.8 Å². The van der Waals surface area contributed by atoms with Gasteiger partial charge in [0.05, 0.1) is 19.4 Å². The van der Waals surface area contributed by atoms with Crippen molar-refractivity contribution in [3.8, 4) is 0 Å². The van der Waals surface area contributed by atoms with Crippen LogP contribution < -0.4 is 9.80 Å². The van der Waals surface area contributed by atoms with Crippen LogP contribution in [0.3, 0.4) is 0 Å². The zero-order valence-electron chi connectivity index (χ0n) is 14.7. The van der Waals surface area contributed by atoms with E-state index in [1.807, 2.05) is 12.3 Å². The van der Waals surface area contributed by atoms with Crippen molar-refractivity contribution in [1.29, 1.82) is 0 Å². The van der Waals surface area contributed by atoms with Crippen molar-refractivity contribution in [3.63, 3.8) is 0 Å². The molecule has 2 aromatic heterocycles. The topological polar surface area (TPSA) is 57.6 Å². The van der Waals surface area contributed by atoms with Gasteiger partial charge in [-0.25, -0.2) is 9.37 Å². The van der Waals surface area contributed by atoms with Crippen LogP contribution >= 0.6 is 0 Å². The molecule has 0 bridgehead atoms. The molecule has 0 atom stereocenters. The van der Waals surface area contributed by atoms with Gasteiger partial charge in [0.2, 0.25) is 5.95 Å². The van der Waals surface area contributed by atoms with Crippen LogP contribution in [0.5, 0.6) is 0 Å². The molecule has 0 saturated carbocycles. The van der Waals surface area contributed by atoms with E-state index in [-0.39, 0.29) is 5.82 Å². The van der Waals surface area contributed by atoms with Crippen LogP contribution in [0.1, 0.15) is 5.56 Å². The Morgan fingerprint density at radius 3 is 2.54 bits per heavy atom. The average molecular weight is 358 g/mol. The third-order valence-electron chi connectivity index (χ3n) is 4.87. The Labute approximate surface area is 152 Å². The minimum Gasteiger partial charge on any atom is -0.378 e. The Hall–Kier alpha value is -2.32. The molecular formula is C18H23FN6O. The molecule has 0 aliphatic carbocycles. The number of halogens is 1. The van der Waals surface area contributed by atoms with Gasteiger partial charge in [-0.15, -0.1) is 0 Å². The lowest BCUT2D eigenvalue weighted by Gasteiger charge is -2.36. The Bertz CT molecular complexity index is 731. The van der Waals surface area contributed by atoms with Gasteiger partial charge in [0.15, 0.2) is 0 Å². The largest absolute Gasteiger partial charge is 0.378 e. The molecular weight excluding hydrogens is 335 g/mol. The number of rotatable bonds is 4. The van der Waals surface area contributed by atoms with Crippen molar-refractivity contribution < 1.29 is 9.13 Å². The van der Waals surface area contributed by atoms with Crippen molar-refractivity contribution in [2.45, 2.75) is 6.54 Å². The highest BCUT2D eigenvalue weighted by molar-refractivity contribution is 5.44. The zero-order valence-corrected chi connectivity index (χ0v) is 14.7. The second-order valence-electron chi connectivity index (χ2n) is 6.54. The first-order valence-corrected chi connectivity index (χ1v) is 9.01. The first kappa shape index (κ1) is 17.1. The van der Waals surface area contributed by atoms with Gasteiger partial charge >= 0.3 is 0 Å². The van der Waals surface area contributed by atoms with Gasteiger partial charge in [-0.3, -0.25) is 9.88 Å². The molecule has 4 rings (SSSR count). The number of nitrogens with zero attached hydrogens (tertiary/aromatic N) is 6. The molecule has 7 nitrogen and oxygen atoms in total. The van der Waals surface area contributed by atoms with Crippen molar-refractivity contribution in [2.75, 3.05) is 62.3 Å². The van der Waals surface area contributed by atoms with Crippen molar-refractivity contribution in [1.82, 2.24) is 19.9 Å². The predicted octanol–water partition coefficient (Wildman–Crippen LogP) is 1.17. The number of piperazine rings is 1. The lowest BCUT2D eigenvalue weighted by atomic mass is 10.2. The van der Waals surface area contributed by atoms with Crippen LogP contribution in [0.25, 0.3) is 0 Å². The number of pyridine rings is 1. The minimum atomic E-state index is -0.235. The molecule has 138 valence electrons. The molecule has 4 heterocycles. The summed E-state index contributed by atoms with van der Waals surface area (Å²) in [7, 11) is 0. The van der Waals surface area contributed by atoms with Crippen LogP contribution in [-0.4, -0.2) is 72.3 Å². The monoisotopic (exact) mass is 358 g/mol. The molecule has 0 N–H and O–H groups in total. The third-order valence-corrected chi connectivity index (χ3v) is 4.87. The summed E-state index contributed by atoms with van der Waals surface area (Å²) in [5, 5.41) is 0. The highest BCUT2D eigenvalue weighted by atomic mass is 19.1. The SMILES string of the molecule is Fc1cnccc1CN1CCN(c2ccnc(N3CCOCC3)n2)CC1. The molecule has 26 heavy (non-hydrogen) atoms. The summed E-state index contributed by atoms with van der Waals surface area (Å²) in [6.45, 7) is 7.19. The average Bonchev–Trinajstić information content (AvgIpc) is 2.71. The van der Waals surface area contributed by atoms with Gasteiger partial charge in [-0.2, -0.15) is 4.98 Å². The molecule has 2 saturated heterocycles. The fourth-order valence-electron chi connectivity index (χ4n) is 3.34. The number of ether oxygens (including phenoxy) is 1. The van der Waals surface area contributed by atoms with Crippen LogP contribution in [-0.2, 0) is 11.3 Å². The standard InChI is InChI=1S/C18H23FN6O/c19-16-13-20-3-1-15(16)14-23-5-7-24(8-6-23)17-2-4-21-18(22-17)25-9-11-26-12-10-25/h1-4,13H,5-12,14H2. The quantitative estimate of drug-likeness (QED) is 0.813. The van der Waals surface area contributed by atoms with E-state index in [0.717, 1.165) is 64.2 Å².